The van der Waals surface area contributed by atoms with Crippen LogP contribution in [0.5, 0.6) is 5.75 Å². The maximum absolute atomic E-state index is 12.5. The quantitative estimate of drug-likeness (QED) is 0.803. The summed E-state index contributed by atoms with van der Waals surface area (Å²) in [5.41, 5.74) is 3.08. The van der Waals surface area contributed by atoms with Gasteiger partial charge in [-0.25, -0.2) is 4.98 Å². The first-order valence-corrected chi connectivity index (χ1v) is 7.53. The molecule has 0 saturated heterocycles. The molecule has 0 aliphatic heterocycles. The molecule has 5 nitrogen and oxygen atoms in total. The van der Waals surface area contributed by atoms with Crippen LogP contribution in [0.4, 0.5) is 5.69 Å². The van der Waals surface area contributed by atoms with E-state index < -0.39 is 0 Å². The van der Waals surface area contributed by atoms with Gasteiger partial charge in [0.1, 0.15) is 11.6 Å². The number of anilines is 1. The van der Waals surface area contributed by atoms with Crippen LogP contribution in [0.1, 0.15) is 23.1 Å². The number of aromatic nitrogens is 2. The second kappa shape index (κ2) is 6.12. The minimum atomic E-state index is -0.180. The van der Waals surface area contributed by atoms with E-state index in [1.807, 2.05) is 49.5 Å². The first kappa shape index (κ1) is 15.1. The van der Waals surface area contributed by atoms with Crippen LogP contribution in [0, 0.1) is 0 Å². The number of nitrogens with one attached hydrogen (secondary N) is 1. The standard InChI is InChI=1S/C18H19N3O2/c1-4-17-19-14-11-12(9-10-15(14)21(17)2)18(22)20-13-7-5-6-8-16(13)23-3/h5-11H,4H2,1-3H3,(H,20,22). The third-order valence-corrected chi connectivity index (χ3v) is 3.91. The van der Waals surface area contributed by atoms with E-state index in [2.05, 4.69) is 21.8 Å². The van der Waals surface area contributed by atoms with Crippen molar-refractivity contribution >= 4 is 22.6 Å². The van der Waals surface area contributed by atoms with Gasteiger partial charge in [-0.2, -0.15) is 0 Å². The number of aryl methyl sites for hydroxylation is 2. The van der Waals surface area contributed by atoms with E-state index in [4.69, 9.17) is 4.74 Å². The summed E-state index contributed by atoms with van der Waals surface area (Å²) in [6.07, 6.45) is 0.855. The molecule has 0 spiro atoms. The molecular weight excluding hydrogens is 290 g/mol. The van der Waals surface area contributed by atoms with Crippen molar-refractivity contribution in [3.63, 3.8) is 0 Å². The summed E-state index contributed by atoms with van der Waals surface area (Å²) in [7, 11) is 3.57. The number of imidazole rings is 1. The van der Waals surface area contributed by atoms with Gasteiger partial charge in [0.05, 0.1) is 23.8 Å². The molecule has 5 heteroatoms. The second-order valence-corrected chi connectivity index (χ2v) is 5.30. The number of fused-ring (bicyclic) bond motifs is 1. The second-order valence-electron chi connectivity index (χ2n) is 5.30. The van der Waals surface area contributed by atoms with Crippen LogP contribution < -0.4 is 10.1 Å². The lowest BCUT2D eigenvalue weighted by Crippen LogP contribution is -2.12. The number of carbonyl (C=O) groups excluding carboxylic acids is 1. The van der Waals surface area contributed by atoms with Crippen LogP contribution in [0.15, 0.2) is 42.5 Å². The molecule has 3 rings (SSSR count). The van der Waals surface area contributed by atoms with E-state index in [1.54, 1.807) is 7.11 Å². The lowest BCUT2D eigenvalue weighted by Gasteiger charge is -2.09. The summed E-state index contributed by atoms with van der Waals surface area (Å²) in [5, 5.41) is 2.88. The average molecular weight is 309 g/mol. The summed E-state index contributed by atoms with van der Waals surface area (Å²) in [5.74, 6) is 1.45. The fourth-order valence-electron chi connectivity index (χ4n) is 2.65. The van der Waals surface area contributed by atoms with E-state index in [1.165, 1.54) is 0 Å². The number of para-hydroxylation sites is 2. The number of amides is 1. The Balaban J connectivity index is 1.92. The van der Waals surface area contributed by atoms with Crippen molar-refractivity contribution in [2.75, 3.05) is 12.4 Å². The molecule has 0 bridgehead atoms. The van der Waals surface area contributed by atoms with Crippen LogP contribution >= 0.6 is 0 Å². The maximum atomic E-state index is 12.5. The summed E-state index contributed by atoms with van der Waals surface area (Å²) >= 11 is 0. The fraction of sp³-hybridized carbons (Fsp3) is 0.222. The minimum absolute atomic E-state index is 0.180. The van der Waals surface area contributed by atoms with Crippen molar-refractivity contribution in [2.45, 2.75) is 13.3 Å². The first-order valence-electron chi connectivity index (χ1n) is 7.53. The molecule has 0 aliphatic carbocycles. The highest BCUT2D eigenvalue weighted by molar-refractivity contribution is 6.06. The van der Waals surface area contributed by atoms with Gasteiger partial charge in [0.25, 0.3) is 5.91 Å². The largest absolute Gasteiger partial charge is 0.495 e. The number of methoxy groups -OCH3 is 1. The average Bonchev–Trinajstić information content (AvgIpc) is 2.91. The fourth-order valence-corrected chi connectivity index (χ4v) is 2.65. The van der Waals surface area contributed by atoms with Crippen molar-refractivity contribution in [2.24, 2.45) is 7.05 Å². The van der Waals surface area contributed by atoms with Gasteiger partial charge in [-0.15, -0.1) is 0 Å². The molecule has 1 heterocycles. The Morgan fingerprint density at radius 2 is 2.04 bits per heavy atom. The topological polar surface area (TPSA) is 56.1 Å². The molecule has 0 unspecified atom stereocenters. The number of carbonyl (C=O) groups is 1. The highest BCUT2D eigenvalue weighted by Gasteiger charge is 2.12. The van der Waals surface area contributed by atoms with Crippen LogP contribution in [0.2, 0.25) is 0 Å². The molecule has 0 fully saturated rings. The first-order chi connectivity index (χ1) is 11.1. The molecule has 118 valence electrons. The maximum Gasteiger partial charge on any atom is 0.255 e. The third kappa shape index (κ3) is 2.77. The van der Waals surface area contributed by atoms with Crippen LogP contribution in [-0.2, 0) is 13.5 Å². The Morgan fingerprint density at radius 1 is 1.26 bits per heavy atom. The van der Waals surface area contributed by atoms with Gasteiger partial charge in [0.15, 0.2) is 0 Å². The van der Waals surface area contributed by atoms with Gasteiger partial charge >= 0.3 is 0 Å². The van der Waals surface area contributed by atoms with Crippen molar-refractivity contribution in [1.29, 1.82) is 0 Å². The Hall–Kier alpha value is -2.82. The Bertz CT molecular complexity index is 868. The number of nitrogens with zero attached hydrogens (tertiary/aromatic N) is 2. The van der Waals surface area contributed by atoms with E-state index in [0.717, 1.165) is 23.3 Å². The van der Waals surface area contributed by atoms with E-state index in [9.17, 15) is 4.79 Å². The van der Waals surface area contributed by atoms with E-state index in [0.29, 0.717) is 17.0 Å². The zero-order valence-electron chi connectivity index (χ0n) is 13.5. The molecule has 1 amide bonds. The van der Waals surface area contributed by atoms with E-state index >= 15 is 0 Å². The predicted molar refractivity (Wildman–Crippen MR) is 91.0 cm³/mol. The van der Waals surface area contributed by atoms with E-state index in [-0.39, 0.29) is 5.91 Å². The zero-order chi connectivity index (χ0) is 16.4. The monoisotopic (exact) mass is 309 g/mol. The third-order valence-electron chi connectivity index (χ3n) is 3.91. The van der Waals surface area contributed by atoms with Crippen molar-refractivity contribution in [3.8, 4) is 5.75 Å². The normalized spacial score (nSPS) is 10.7. The van der Waals surface area contributed by atoms with Gasteiger partial charge < -0.3 is 14.6 Å². The van der Waals surface area contributed by atoms with Gasteiger partial charge in [-0.1, -0.05) is 19.1 Å². The molecule has 0 aliphatic rings. The number of rotatable bonds is 4. The molecule has 1 aromatic heterocycles. The molecule has 0 radical (unpaired) electrons. The molecule has 1 N–H and O–H groups in total. The number of ether oxygens (including phenoxy) is 1. The molecule has 23 heavy (non-hydrogen) atoms. The summed E-state index contributed by atoms with van der Waals surface area (Å²) in [6, 6.07) is 12.9. The highest BCUT2D eigenvalue weighted by Crippen LogP contribution is 2.24. The molecular formula is C18H19N3O2. The molecule has 3 aromatic rings. The van der Waals surface area contributed by atoms with Crippen molar-refractivity contribution < 1.29 is 9.53 Å². The zero-order valence-corrected chi connectivity index (χ0v) is 13.5. The number of hydrogen-bond donors (Lipinski definition) is 1. The van der Waals surface area contributed by atoms with Crippen LogP contribution in [0.25, 0.3) is 11.0 Å². The van der Waals surface area contributed by atoms with Crippen LogP contribution in [0.3, 0.4) is 0 Å². The Kier molecular flexibility index (Phi) is 4.02. The summed E-state index contributed by atoms with van der Waals surface area (Å²) in [4.78, 5) is 17.1. The number of benzene rings is 2. The van der Waals surface area contributed by atoms with Gasteiger partial charge in [-0.05, 0) is 30.3 Å². The number of hydrogen-bond acceptors (Lipinski definition) is 3. The molecule has 0 saturated carbocycles. The van der Waals surface area contributed by atoms with Gasteiger partial charge in [0.2, 0.25) is 0 Å². The molecule has 0 atom stereocenters. The smallest absolute Gasteiger partial charge is 0.255 e. The van der Waals surface area contributed by atoms with Gasteiger partial charge in [0, 0.05) is 19.0 Å². The van der Waals surface area contributed by atoms with Crippen molar-refractivity contribution in [1.82, 2.24) is 9.55 Å². The predicted octanol–water partition coefficient (Wildman–Crippen LogP) is 3.40. The Labute approximate surface area is 134 Å². The minimum Gasteiger partial charge on any atom is -0.495 e. The molecule has 2 aromatic carbocycles. The van der Waals surface area contributed by atoms with Gasteiger partial charge in [-0.3, -0.25) is 4.79 Å². The summed E-state index contributed by atoms with van der Waals surface area (Å²) < 4.78 is 7.31. The SMILES string of the molecule is CCc1nc2cc(C(=O)Nc3ccccc3OC)ccc2n1C. The highest BCUT2D eigenvalue weighted by atomic mass is 16.5. The summed E-state index contributed by atoms with van der Waals surface area (Å²) in [6.45, 7) is 2.07. The Morgan fingerprint density at radius 3 is 2.78 bits per heavy atom. The lowest BCUT2D eigenvalue weighted by atomic mass is 10.1. The van der Waals surface area contributed by atoms with Crippen molar-refractivity contribution in [3.05, 3.63) is 53.9 Å². The lowest BCUT2D eigenvalue weighted by molar-refractivity contribution is 0.102. The van der Waals surface area contributed by atoms with Crippen LogP contribution in [-0.4, -0.2) is 22.6 Å².